The molecule has 0 aromatic carbocycles. The second kappa shape index (κ2) is 5.70. The molecule has 0 saturated carbocycles. The number of halogens is 1. The Bertz CT molecular complexity index is 381. The average molecular weight is 242 g/mol. The first-order valence-electron chi connectivity index (χ1n) is 5.23. The molecular formula is C11H16ClN3O. The van der Waals surface area contributed by atoms with E-state index < -0.39 is 0 Å². The van der Waals surface area contributed by atoms with E-state index in [1.807, 2.05) is 0 Å². The highest BCUT2D eigenvalue weighted by atomic mass is 35.5. The van der Waals surface area contributed by atoms with Gasteiger partial charge in [0, 0.05) is 6.54 Å². The first-order chi connectivity index (χ1) is 7.54. The summed E-state index contributed by atoms with van der Waals surface area (Å²) in [6.45, 7) is 4.77. The van der Waals surface area contributed by atoms with Crippen molar-refractivity contribution in [2.75, 3.05) is 12.3 Å². The quantitative estimate of drug-likeness (QED) is 0.794. The van der Waals surface area contributed by atoms with E-state index in [-0.39, 0.29) is 11.1 Å². The highest BCUT2D eigenvalue weighted by Gasteiger charge is 2.12. The van der Waals surface area contributed by atoms with Gasteiger partial charge >= 0.3 is 0 Å². The zero-order valence-corrected chi connectivity index (χ0v) is 10.2. The number of carbonyl (C=O) groups is 1. The van der Waals surface area contributed by atoms with Gasteiger partial charge in [-0.15, -0.1) is 0 Å². The van der Waals surface area contributed by atoms with Gasteiger partial charge in [0.15, 0.2) is 0 Å². The fraction of sp³-hybridized carbons (Fsp3) is 0.455. The molecule has 0 spiro atoms. The highest BCUT2D eigenvalue weighted by Crippen LogP contribution is 2.15. The molecule has 3 N–H and O–H groups in total. The van der Waals surface area contributed by atoms with E-state index in [1.165, 1.54) is 12.3 Å². The maximum absolute atomic E-state index is 11.7. The maximum Gasteiger partial charge on any atom is 0.254 e. The number of nitrogens with two attached hydrogens (primary N) is 1. The van der Waals surface area contributed by atoms with Crippen molar-refractivity contribution >= 4 is 23.2 Å². The van der Waals surface area contributed by atoms with E-state index in [4.69, 9.17) is 17.3 Å². The van der Waals surface area contributed by atoms with Gasteiger partial charge in [-0.2, -0.15) is 0 Å². The Labute approximate surface area is 100 Å². The Morgan fingerprint density at radius 1 is 1.69 bits per heavy atom. The predicted octanol–water partition coefficient (Wildman–Crippen LogP) is 2.09. The number of hydrogen-bond acceptors (Lipinski definition) is 3. The van der Waals surface area contributed by atoms with Crippen molar-refractivity contribution in [2.24, 2.45) is 5.92 Å². The standard InChI is InChI=1S/C11H16ClN3O/c1-3-7(2)5-15-11(16)9-4-8(13)6-14-10(9)12/h4,6-7H,3,5,13H2,1-2H3,(H,15,16). The summed E-state index contributed by atoms with van der Waals surface area (Å²) in [4.78, 5) is 15.6. The summed E-state index contributed by atoms with van der Waals surface area (Å²) < 4.78 is 0. The van der Waals surface area contributed by atoms with E-state index >= 15 is 0 Å². The lowest BCUT2D eigenvalue weighted by atomic mass is 10.1. The van der Waals surface area contributed by atoms with Crippen molar-refractivity contribution in [1.29, 1.82) is 0 Å². The van der Waals surface area contributed by atoms with Crippen LogP contribution in [0, 0.1) is 5.92 Å². The molecule has 0 saturated heterocycles. The van der Waals surface area contributed by atoms with E-state index in [0.717, 1.165) is 6.42 Å². The minimum Gasteiger partial charge on any atom is -0.397 e. The Kier molecular flexibility index (Phi) is 4.55. The van der Waals surface area contributed by atoms with E-state index in [9.17, 15) is 4.79 Å². The Morgan fingerprint density at radius 2 is 2.38 bits per heavy atom. The van der Waals surface area contributed by atoms with E-state index in [2.05, 4.69) is 24.1 Å². The van der Waals surface area contributed by atoms with Crippen LogP contribution >= 0.6 is 11.6 Å². The van der Waals surface area contributed by atoms with E-state index in [0.29, 0.717) is 23.7 Å². The molecule has 1 aromatic rings. The van der Waals surface area contributed by atoms with Crippen molar-refractivity contribution in [2.45, 2.75) is 20.3 Å². The second-order valence-corrected chi connectivity index (χ2v) is 4.19. The average Bonchev–Trinajstić information content (AvgIpc) is 2.28. The zero-order valence-electron chi connectivity index (χ0n) is 9.46. The lowest BCUT2D eigenvalue weighted by molar-refractivity contribution is 0.0947. The van der Waals surface area contributed by atoms with Crippen LogP contribution in [0.1, 0.15) is 30.6 Å². The smallest absolute Gasteiger partial charge is 0.254 e. The monoisotopic (exact) mass is 241 g/mol. The number of nitrogens with one attached hydrogen (secondary N) is 1. The normalized spacial score (nSPS) is 12.2. The third-order valence-electron chi connectivity index (χ3n) is 2.41. The van der Waals surface area contributed by atoms with Crippen LogP contribution in [0.4, 0.5) is 5.69 Å². The van der Waals surface area contributed by atoms with Crippen LogP contribution in [0.5, 0.6) is 0 Å². The first-order valence-corrected chi connectivity index (χ1v) is 5.61. The number of nitrogens with zero attached hydrogens (tertiary/aromatic N) is 1. The minimum absolute atomic E-state index is 0.177. The molecule has 1 rings (SSSR count). The van der Waals surface area contributed by atoms with Gasteiger partial charge in [-0.3, -0.25) is 4.79 Å². The molecule has 1 amide bonds. The summed E-state index contributed by atoms with van der Waals surface area (Å²) in [5, 5.41) is 2.98. The molecule has 1 heterocycles. The molecule has 0 fully saturated rings. The van der Waals surface area contributed by atoms with E-state index in [1.54, 1.807) is 0 Å². The highest BCUT2D eigenvalue weighted by molar-refractivity contribution is 6.32. The second-order valence-electron chi connectivity index (χ2n) is 3.83. The molecule has 0 bridgehead atoms. The number of pyridine rings is 1. The number of rotatable bonds is 4. The van der Waals surface area contributed by atoms with Crippen LogP contribution in [0.15, 0.2) is 12.3 Å². The molecule has 16 heavy (non-hydrogen) atoms. The third-order valence-corrected chi connectivity index (χ3v) is 2.71. The SMILES string of the molecule is CCC(C)CNC(=O)c1cc(N)cnc1Cl. The Hall–Kier alpha value is -1.29. The summed E-state index contributed by atoms with van der Waals surface area (Å²) in [5.41, 5.74) is 6.30. The Balaban J connectivity index is 2.69. The van der Waals surface area contributed by atoms with Crippen LogP contribution < -0.4 is 11.1 Å². The number of aromatic nitrogens is 1. The van der Waals surface area contributed by atoms with Gasteiger partial charge in [0.05, 0.1) is 17.4 Å². The predicted molar refractivity (Wildman–Crippen MR) is 65.4 cm³/mol. The van der Waals surface area contributed by atoms with Crippen molar-refractivity contribution in [3.05, 3.63) is 23.0 Å². The topological polar surface area (TPSA) is 68.0 Å². The number of nitrogen functional groups attached to an aromatic ring is 1. The fourth-order valence-electron chi connectivity index (χ4n) is 1.13. The summed E-state index contributed by atoms with van der Waals surface area (Å²) in [5.74, 6) is 0.210. The van der Waals surface area contributed by atoms with Gasteiger partial charge in [-0.05, 0) is 12.0 Å². The van der Waals surface area contributed by atoms with Gasteiger partial charge in [-0.1, -0.05) is 31.9 Å². The molecule has 0 aliphatic rings. The lowest BCUT2D eigenvalue weighted by Gasteiger charge is -2.10. The zero-order chi connectivity index (χ0) is 12.1. The number of anilines is 1. The molecule has 1 atom stereocenters. The Morgan fingerprint density at radius 3 is 3.00 bits per heavy atom. The number of hydrogen-bond donors (Lipinski definition) is 2. The molecule has 88 valence electrons. The summed E-state index contributed by atoms with van der Waals surface area (Å²) in [6.07, 6.45) is 2.44. The molecule has 1 aromatic heterocycles. The maximum atomic E-state index is 11.7. The molecule has 4 nitrogen and oxygen atoms in total. The van der Waals surface area contributed by atoms with Gasteiger partial charge in [0.1, 0.15) is 5.15 Å². The van der Waals surface area contributed by atoms with Crippen LogP contribution in [0.3, 0.4) is 0 Å². The van der Waals surface area contributed by atoms with Crippen LogP contribution in [-0.2, 0) is 0 Å². The van der Waals surface area contributed by atoms with Crippen LogP contribution in [0.25, 0.3) is 0 Å². The molecule has 5 heteroatoms. The van der Waals surface area contributed by atoms with Crippen LogP contribution in [-0.4, -0.2) is 17.4 Å². The molecule has 0 aliphatic carbocycles. The lowest BCUT2D eigenvalue weighted by Crippen LogP contribution is -2.28. The van der Waals surface area contributed by atoms with Crippen molar-refractivity contribution in [1.82, 2.24) is 10.3 Å². The molecular weight excluding hydrogens is 226 g/mol. The molecule has 0 radical (unpaired) electrons. The molecule has 0 aliphatic heterocycles. The van der Waals surface area contributed by atoms with Gasteiger partial charge in [0.25, 0.3) is 5.91 Å². The summed E-state index contributed by atoms with van der Waals surface area (Å²) in [7, 11) is 0. The van der Waals surface area contributed by atoms with Crippen molar-refractivity contribution in [3.63, 3.8) is 0 Å². The largest absolute Gasteiger partial charge is 0.397 e. The molecule has 1 unspecified atom stereocenters. The third kappa shape index (κ3) is 3.38. The fourth-order valence-corrected chi connectivity index (χ4v) is 1.32. The van der Waals surface area contributed by atoms with Gasteiger partial charge in [-0.25, -0.2) is 4.98 Å². The van der Waals surface area contributed by atoms with Crippen LogP contribution in [0.2, 0.25) is 5.15 Å². The first kappa shape index (κ1) is 12.8. The van der Waals surface area contributed by atoms with Crippen molar-refractivity contribution in [3.8, 4) is 0 Å². The van der Waals surface area contributed by atoms with Gasteiger partial charge < -0.3 is 11.1 Å². The summed E-state index contributed by atoms with van der Waals surface area (Å²) in [6, 6.07) is 1.53. The summed E-state index contributed by atoms with van der Waals surface area (Å²) >= 11 is 5.81. The van der Waals surface area contributed by atoms with Crippen molar-refractivity contribution < 1.29 is 4.79 Å². The van der Waals surface area contributed by atoms with Gasteiger partial charge in [0.2, 0.25) is 0 Å². The minimum atomic E-state index is -0.231. The number of carbonyl (C=O) groups excluding carboxylic acids is 1. The number of amides is 1.